The van der Waals surface area contributed by atoms with Crippen LogP contribution in [0.3, 0.4) is 0 Å². The van der Waals surface area contributed by atoms with Crippen molar-refractivity contribution in [2.45, 2.75) is 0 Å². The average molecular weight is 183 g/mol. The number of amides is 1. The van der Waals surface area contributed by atoms with Gasteiger partial charge in [-0.3, -0.25) is 4.79 Å². The van der Waals surface area contributed by atoms with Crippen LogP contribution in [0.4, 0.5) is 0 Å². The first kappa shape index (κ1) is 13.3. The molecule has 0 unspecified atom stereocenters. The van der Waals surface area contributed by atoms with Gasteiger partial charge in [-0.15, -0.1) is 12.4 Å². The van der Waals surface area contributed by atoms with Crippen LogP contribution in [-0.4, -0.2) is 49.7 Å². The molecule has 0 radical (unpaired) electrons. The number of carbonyl (C=O) groups is 1. The van der Waals surface area contributed by atoms with E-state index < -0.39 is 6.61 Å². The Hall–Kier alpha value is -0.320. The summed E-state index contributed by atoms with van der Waals surface area (Å²) in [7, 11) is 3.84. The number of hydrogen-bond donors (Lipinski definition) is 2. The van der Waals surface area contributed by atoms with E-state index in [2.05, 4.69) is 5.32 Å². The Kier molecular flexibility index (Phi) is 9.40. The molecular weight excluding hydrogens is 168 g/mol. The fourth-order valence-corrected chi connectivity index (χ4v) is 0.475. The summed E-state index contributed by atoms with van der Waals surface area (Å²) in [5, 5.41) is 10.8. The molecule has 0 aromatic carbocycles. The molecule has 0 aliphatic carbocycles. The lowest BCUT2D eigenvalue weighted by Crippen LogP contribution is -2.32. The van der Waals surface area contributed by atoms with Gasteiger partial charge in [-0.2, -0.15) is 0 Å². The second kappa shape index (κ2) is 7.78. The highest BCUT2D eigenvalue weighted by Crippen LogP contribution is 1.70. The van der Waals surface area contributed by atoms with Gasteiger partial charge in [-0.1, -0.05) is 0 Å². The Labute approximate surface area is 73.0 Å². The molecule has 68 valence electrons. The number of halogens is 1. The van der Waals surface area contributed by atoms with E-state index in [1.165, 1.54) is 0 Å². The molecule has 4 nitrogen and oxygen atoms in total. The van der Waals surface area contributed by atoms with E-state index in [-0.39, 0.29) is 18.3 Å². The number of rotatable bonds is 4. The summed E-state index contributed by atoms with van der Waals surface area (Å²) in [6, 6.07) is 0. The van der Waals surface area contributed by atoms with Crippen LogP contribution >= 0.6 is 12.4 Å². The van der Waals surface area contributed by atoms with Crippen molar-refractivity contribution in [1.82, 2.24) is 10.2 Å². The molecule has 11 heavy (non-hydrogen) atoms. The summed E-state index contributed by atoms with van der Waals surface area (Å²) in [6.45, 7) is 0.964. The van der Waals surface area contributed by atoms with Crippen LogP contribution < -0.4 is 5.32 Å². The number of carbonyl (C=O) groups excluding carboxylic acids is 1. The van der Waals surface area contributed by atoms with Crippen LogP contribution in [0.25, 0.3) is 0 Å². The zero-order valence-electron chi connectivity index (χ0n) is 6.83. The first-order chi connectivity index (χ1) is 4.66. The predicted molar refractivity (Wildman–Crippen MR) is 45.9 cm³/mol. The van der Waals surface area contributed by atoms with Crippen LogP contribution in [0.5, 0.6) is 0 Å². The van der Waals surface area contributed by atoms with E-state index in [0.717, 1.165) is 6.54 Å². The van der Waals surface area contributed by atoms with E-state index in [9.17, 15) is 4.79 Å². The first-order valence-corrected chi connectivity index (χ1v) is 3.19. The van der Waals surface area contributed by atoms with Crippen molar-refractivity contribution in [1.29, 1.82) is 0 Å². The van der Waals surface area contributed by atoms with Gasteiger partial charge in [-0.05, 0) is 14.1 Å². The molecule has 0 saturated carbocycles. The molecule has 1 amide bonds. The van der Waals surface area contributed by atoms with E-state index in [1.807, 2.05) is 19.0 Å². The highest BCUT2D eigenvalue weighted by atomic mass is 35.5. The molecule has 0 spiro atoms. The molecule has 0 aromatic rings. The summed E-state index contributed by atoms with van der Waals surface area (Å²) >= 11 is 0. The standard InChI is InChI=1S/C6H14N2O2.ClH/c1-8(2)4-3-7-6(10)5-9;/h9H,3-5H2,1-2H3,(H,7,10);1H. The lowest BCUT2D eigenvalue weighted by molar-refractivity contribution is -0.123. The number of nitrogens with zero attached hydrogens (tertiary/aromatic N) is 1. The van der Waals surface area contributed by atoms with Gasteiger partial charge in [0.1, 0.15) is 6.61 Å². The Morgan fingerprint density at radius 3 is 2.45 bits per heavy atom. The first-order valence-electron chi connectivity index (χ1n) is 3.19. The Bertz CT molecular complexity index is 109. The normalized spacial score (nSPS) is 9.09. The summed E-state index contributed by atoms with van der Waals surface area (Å²) in [5.41, 5.74) is 0. The van der Waals surface area contributed by atoms with Crippen LogP contribution in [0.1, 0.15) is 0 Å². The van der Waals surface area contributed by atoms with Gasteiger partial charge < -0.3 is 15.3 Å². The van der Waals surface area contributed by atoms with Crippen molar-refractivity contribution in [3.63, 3.8) is 0 Å². The maximum atomic E-state index is 10.4. The van der Waals surface area contributed by atoms with Gasteiger partial charge in [0.05, 0.1) is 0 Å². The molecule has 0 aliphatic rings. The number of aliphatic hydroxyl groups excluding tert-OH is 1. The van der Waals surface area contributed by atoms with Gasteiger partial charge in [0.15, 0.2) is 0 Å². The largest absolute Gasteiger partial charge is 0.387 e. The van der Waals surface area contributed by atoms with Gasteiger partial charge in [0.25, 0.3) is 0 Å². The van der Waals surface area contributed by atoms with Crippen LogP contribution in [-0.2, 0) is 4.79 Å². The van der Waals surface area contributed by atoms with E-state index >= 15 is 0 Å². The third kappa shape index (κ3) is 9.68. The van der Waals surface area contributed by atoms with E-state index in [0.29, 0.717) is 6.54 Å². The second-order valence-electron chi connectivity index (χ2n) is 2.31. The van der Waals surface area contributed by atoms with Crippen LogP contribution in [0, 0.1) is 0 Å². The minimum Gasteiger partial charge on any atom is -0.387 e. The highest BCUT2D eigenvalue weighted by molar-refractivity contribution is 5.85. The predicted octanol–water partition coefficient (Wildman–Crippen LogP) is -0.922. The van der Waals surface area contributed by atoms with Crippen molar-refractivity contribution < 1.29 is 9.90 Å². The zero-order valence-corrected chi connectivity index (χ0v) is 7.65. The monoisotopic (exact) mass is 182 g/mol. The summed E-state index contributed by atoms with van der Waals surface area (Å²) in [5.74, 6) is -0.318. The molecular formula is C6H15ClN2O2. The topological polar surface area (TPSA) is 52.6 Å². The fourth-order valence-electron chi connectivity index (χ4n) is 0.475. The molecule has 0 heterocycles. The van der Waals surface area contributed by atoms with E-state index in [4.69, 9.17) is 5.11 Å². The Balaban J connectivity index is 0. The smallest absolute Gasteiger partial charge is 0.245 e. The molecule has 0 aromatic heterocycles. The average Bonchev–Trinajstić information content (AvgIpc) is 1.87. The molecule has 5 heteroatoms. The number of aliphatic hydroxyl groups is 1. The lowest BCUT2D eigenvalue weighted by Gasteiger charge is -2.08. The molecule has 0 atom stereocenters. The Morgan fingerprint density at radius 2 is 2.09 bits per heavy atom. The van der Waals surface area contributed by atoms with Crippen LogP contribution in [0.15, 0.2) is 0 Å². The number of nitrogens with one attached hydrogen (secondary N) is 1. The summed E-state index contributed by atoms with van der Waals surface area (Å²) in [6.07, 6.45) is 0. The molecule has 0 bridgehead atoms. The zero-order chi connectivity index (χ0) is 7.98. The molecule has 0 rings (SSSR count). The van der Waals surface area contributed by atoms with Gasteiger partial charge in [0.2, 0.25) is 5.91 Å². The SMILES string of the molecule is CN(C)CCNC(=O)CO.Cl. The third-order valence-electron chi connectivity index (χ3n) is 1.02. The Morgan fingerprint density at radius 1 is 1.55 bits per heavy atom. The lowest BCUT2D eigenvalue weighted by atomic mass is 10.5. The maximum absolute atomic E-state index is 10.4. The minimum atomic E-state index is -0.423. The highest BCUT2D eigenvalue weighted by Gasteiger charge is 1.95. The van der Waals surface area contributed by atoms with Gasteiger partial charge in [0, 0.05) is 13.1 Å². The number of likely N-dealkylation sites (N-methyl/N-ethyl adjacent to an activating group) is 1. The summed E-state index contributed by atoms with van der Waals surface area (Å²) in [4.78, 5) is 12.4. The van der Waals surface area contributed by atoms with Crippen molar-refractivity contribution >= 4 is 18.3 Å². The van der Waals surface area contributed by atoms with E-state index in [1.54, 1.807) is 0 Å². The number of hydrogen-bond acceptors (Lipinski definition) is 3. The fraction of sp³-hybridized carbons (Fsp3) is 0.833. The molecule has 0 saturated heterocycles. The van der Waals surface area contributed by atoms with Crippen molar-refractivity contribution in [2.75, 3.05) is 33.8 Å². The van der Waals surface area contributed by atoms with Crippen molar-refractivity contribution in [3.05, 3.63) is 0 Å². The quantitative estimate of drug-likeness (QED) is 0.591. The van der Waals surface area contributed by atoms with Gasteiger partial charge in [-0.25, -0.2) is 0 Å². The van der Waals surface area contributed by atoms with Crippen molar-refractivity contribution in [3.8, 4) is 0 Å². The second-order valence-corrected chi connectivity index (χ2v) is 2.31. The minimum absolute atomic E-state index is 0. The molecule has 0 fully saturated rings. The maximum Gasteiger partial charge on any atom is 0.245 e. The molecule has 0 aliphatic heterocycles. The van der Waals surface area contributed by atoms with Crippen molar-refractivity contribution in [2.24, 2.45) is 0 Å². The van der Waals surface area contributed by atoms with Gasteiger partial charge >= 0.3 is 0 Å². The third-order valence-corrected chi connectivity index (χ3v) is 1.02. The van der Waals surface area contributed by atoms with Crippen LogP contribution in [0.2, 0.25) is 0 Å². The molecule has 2 N–H and O–H groups in total. The summed E-state index contributed by atoms with van der Waals surface area (Å²) < 4.78 is 0.